The van der Waals surface area contributed by atoms with Crippen molar-refractivity contribution in [3.63, 3.8) is 0 Å². The summed E-state index contributed by atoms with van der Waals surface area (Å²) in [6, 6.07) is 5.55. The minimum atomic E-state index is -0.573. The molecular weight excluding hydrogens is 346 g/mol. The number of anilines is 1. The van der Waals surface area contributed by atoms with E-state index in [-0.39, 0.29) is 12.7 Å². The van der Waals surface area contributed by atoms with Crippen molar-refractivity contribution >= 4 is 33.2 Å². The zero-order valence-corrected chi connectivity index (χ0v) is 14.1. The topological polar surface area (TPSA) is 50.7 Å². The Bertz CT molecular complexity index is 404. The summed E-state index contributed by atoms with van der Waals surface area (Å²) < 4.78 is 11.5. The van der Waals surface area contributed by atoms with Crippen molar-refractivity contribution in [3.05, 3.63) is 27.7 Å². The maximum atomic E-state index is 9.77. The first-order chi connectivity index (χ1) is 9.49. The first kappa shape index (κ1) is 17.7. The molecule has 0 aliphatic carbocycles. The van der Waals surface area contributed by atoms with Crippen LogP contribution in [-0.4, -0.2) is 43.7 Å². The van der Waals surface area contributed by atoms with E-state index < -0.39 is 6.10 Å². The Morgan fingerprint density at radius 3 is 2.75 bits per heavy atom. The van der Waals surface area contributed by atoms with Crippen LogP contribution in [0.5, 0.6) is 0 Å². The van der Waals surface area contributed by atoms with Crippen molar-refractivity contribution in [2.24, 2.45) is 0 Å². The van der Waals surface area contributed by atoms with Crippen LogP contribution in [0.3, 0.4) is 0 Å². The number of rotatable bonds is 9. The molecule has 1 unspecified atom stereocenters. The number of aliphatic hydroxyl groups excluding tert-OH is 1. The van der Waals surface area contributed by atoms with Gasteiger partial charge in [-0.3, -0.25) is 0 Å². The van der Waals surface area contributed by atoms with Crippen LogP contribution in [0.25, 0.3) is 0 Å². The molecule has 1 aromatic carbocycles. The Morgan fingerprint density at radius 2 is 2.10 bits per heavy atom. The fourth-order valence-electron chi connectivity index (χ4n) is 1.46. The maximum absolute atomic E-state index is 9.77. The second-order valence-electron chi connectivity index (χ2n) is 4.66. The van der Waals surface area contributed by atoms with Gasteiger partial charge in [0, 0.05) is 16.7 Å². The van der Waals surface area contributed by atoms with Crippen LogP contribution in [0.15, 0.2) is 22.7 Å². The monoisotopic (exact) mass is 365 g/mol. The molecule has 1 atom stereocenters. The Hall–Kier alpha value is -0.330. The summed E-state index contributed by atoms with van der Waals surface area (Å²) in [5, 5.41) is 13.5. The molecule has 0 fully saturated rings. The van der Waals surface area contributed by atoms with Crippen molar-refractivity contribution in [3.8, 4) is 0 Å². The summed E-state index contributed by atoms with van der Waals surface area (Å²) >= 11 is 9.31. The number of ether oxygens (including phenoxy) is 2. The van der Waals surface area contributed by atoms with E-state index in [0.717, 1.165) is 10.2 Å². The fourth-order valence-corrected chi connectivity index (χ4v) is 1.89. The molecule has 0 spiro atoms. The molecule has 0 heterocycles. The number of nitrogens with one attached hydrogen (secondary N) is 1. The van der Waals surface area contributed by atoms with E-state index in [2.05, 4.69) is 21.2 Å². The number of hydrogen-bond acceptors (Lipinski definition) is 4. The Kier molecular flexibility index (Phi) is 8.49. The molecule has 1 rings (SSSR count). The lowest BCUT2D eigenvalue weighted by atomic mass is 10.3. The third kappa shape index (κ3) is 7.45. The van der Waals surface area contributed by atoms with Gasteiger partial charge >= 0.3 is 0 Å². The first-order valence-corrected chi connectivity index (χ1v) is 7.72. The van der Waals surface area contributed by atoms with Crippen LogP contribution >= 0.6 is 27.5 Å². The van der Waals surface area contributed by atoms with Crippen molar-refractivity contribution in [2.45, 2.75) is 26.1 Å². The summed E-state index contributed by atoms with van der Waals surface area (Å²) in [7, 11) is 0. The summed E-state index contributed by atoms with van der Waals surface area (Å²) in [6.45, 7) is 5.66. The van der Waals surface area contributed by atoms with Gasteiger partial charge in [0.2, 0.25) is 0 Å². The Balaban J connectivity index is 2.16. The van der Waals surface area contributed by atoms with Gasteiger partial charge in [-0.1, -0.05) is 11.6 Å². The van der Waals surface area contributed by atoms with E-state index in [0.29, 0.717) is 24.8 Å². The Labute approximate surface area is 133 Å². The second-order valence-corrected chi connectivity index (χ2v) is 5.92. The van der Waals surface area contributed by atoms with E-state index in [1.165, 1.54) is 0 Å². The second kappa shape index (κ2) is 9.58. The molecule has 1 aromatic rings. The summed E-state index contributed by atoms with van der Waals surface area (Å²) in [5.74, 6) is 0. The summed E-state index contributed by atoms with van der Waals surface area (Å²) in [4.78, 5) is 0. The highest BCUT2D eigenvalue weighted by molar-refractivity contribution is 9.10. The third-order valence-electron chi connectivity index (χ3n) is 2.45. The van der Waals surface area contributed by atoms with Gasteiger partial charge < -0.3 is 19.9 Å². The van der Waals surface area contributed by atoms with Gasteiger partial charge in [-0.2, -0.15) is 0 Å². The predicted octanol–water partition coefficient (Wildman–Crippen LogP) is 3.32. The van der Waals surface area contributed by atoms with Crippen LogP contribution in [-0.2, 0) is 9.47 Å². The molecule has 0 bridgehead atoms. The lowest BCUT2D eigenvalue weighted by Gasteiger charge is -2.14. The molecule has 2 N–H and O–H groups in total. The highest BCUT2D eigenvalue weighted by atomic mass is 79.9. The van der Waals surface area contributed by atoms with E-state index in [1.807, 2.05) is 26.0 Å². The molecule has 6 heteroatoms. The molecule has 4 nitrogen and oxygen atoms in total. The molecule has 0 aliphatic rings. The molecule has 0 saturated carbocycles. The number of hydrogen-bond donors (Lipinski definition) is 2. The Morgan fingerprint density at radius 1 is 1.35 bits per heavy atom. The van der Waals surface area contributed by atoms with Crippen LogP contribution < -0.4 is 5.32 Å². The van der Waals surface area contributed by atoms with E-state index in [9.17, 15) is 5.11 Å². The fraction of sp³-hybridized carbons (Fsp3) is 0.571. The highest BCUT2D eigenvalue weighted by Crippen LogP contribution is 2.25. The predicted molar refractivity (Wildman–Crippen MR) is 85.6 cm³/mol. The van der Waals surface area contributed by atoms with E-state index >= 15 is 0 Å². The van der Waals surface area contributed by atoms with Crippen LogP contribution in [0.4, 0.5) is 5.69 Å². The summed E-state index contributed by atoms with van der Waals surface area (Å²) in [6.07, 6.45) is -0.371. The molecule has 0 radical (unpaired) electrons. The third-order valence-corrected chi connectivity index (χ3v) is 3.68. The smallest absolute Gasteiger partial charge is 0.0945 e. The molecule has 0 aromatic heterocycles. The SMILES string of the molecule is CC(C)OCCOCC(O)CNc1ccc(Br)c(Cl)c1. The average Bonchev–Trinajstić information content (AvgIpc) is 2.39. The van der Waals surface area contributed by atoms with Crippen molar-refractivity contribution in [1.82, 2.24) is 0 Å². The van der Waals surface area contributed by atoms with Crippen molar-refractivity contribution < 1.29 is 14.6 Å². The van der Waals surface area contributed by atoms with Gasteiger partial charge in [-0.25, -0.2) is 0 Å². The van der Waals surface area contributed by atoms with Crippen molar-refractivity contribution in [2.75, 3.05) is 31.7 Å². The minimum Gasteiger partial charge on any atom is -0.389 e. The van der Waals surface area contributed by atoms with Crippen LogP contribution in [0.1, 0.15) is 13.8 Å². The summed E-state index contributed by atoms with van der Waals surface area (Å²) in [5.41, 5.74) is 0.861. The van der Waals surface area contributed by atoms with Gasteiger partial charge in [0.25, 0.3) is 0 Å². The molecule has 0 aliphatic heterocycles. The molecule has 114 valence electrons. The molecular formula is C14H21BrClNO3. The van der Waals surface area contributed by atoms with Crippen molar-refractivity contribution in [1.29, 1.82) is 0 Å². The maximum Gasteiger partial charge on any atom is 0.0945 e. The molecule has 0 saturated heterocycles. The van der Waals surface area contributed by atoms with Gasteiger partial charge in [0.15, 0.2) is 0 Å². The normalized spacial score (nSPS) is 12.7. The lowest BCUT2D eigenvalue weighted by molar-refractivity contribution is -0.00734. The highest BCUT2D eigenvalue weighted by Gasteiger charge is 2.05. The lowest BCUT2D eigenvalue weighted by Crippen LogP contribution is -2.25. The first-order valence-electron chi connectivity index (χ1n) is 6.55. The largest absolute Gasteiger partial charge is 0.389 e. The minimum absolute atomic E-state index is 0.201. The number of benzene rings is 1. The van der Waals surface area contributed by atoms with Crippen LogP contribution in [0.2, 0.25) is 5.02 Å². The van der Waals surface area contributed by atoms with Gasteiger partial charge in [0.1, 0.15) is 0 Å². The van der Waals surface area contributed by atoms with E-state index in [4.69, 9.17) is 21.1 Å². The van der Waals surface area contributed by atoms with Gasteiger partial charge in [-0.15, -0.1) is 0 Å². The number of halogens is 2. The van der Waals surface area contributed by atoms with Crippen LogP contribution in [0, 0.1) is 0 Å². The molecule has 0 amide bonds. The number of aliphatic hydroxyl groups is 1. The average molecular weight is 367 g/mol. The quantitative estimate of drug-likeness (QED) is 0.658. The zero-order chi connectivity index (χ0) is 15.0. The standard InChI is InChI=1S/C14H21BrClNO3/c1-10(2)20-6-5-19-9-12(18)8-17-11-3-4-13(15)14(16)7-11/h3-4,7,10,12,17-18H,5-6,8-9H2,1-2H3. The van der Waals surface area contributed by atoms with Gasteiger partial charge in [0.05, 0.1) is 37.1 Å². The zero-order valence-electron chi connectivity index (χ0n) is 11.7. The van der Waals surface area contributed by atoms with E-state index in [1.54, 1.807) is 6.07 Å². The molecule has 20 heavy (non-hydrogen) atoms. The van der Waals surface area contributed by atoms with Gasteiger partial charge in [-0.05, 0) is 48.0 Å².